The highest BCUT2D eigenvalue weighted by Crippen LogP contribution is 2.22. The molecule has 3 heterocycles. The van der Waals surface area contributed by atoms with Gasteiger partial charge in [0, 0.05) is 24.7 Å². The summed E-state index contributed by atoms with van der Waals surface area (Å²) in [4.78, 5) is 20.7. The van der Waals surface area contributed by atoms with Crippen LogP contribution in [-0.2, 0) is 6.54 Å². The summed E-state index contributed by atoms with van der Waals surface area (Å²) < 4.78 is 0. The third-order valence-electron chi connectivity index (χ3n) is 5.45. The van der Waals surface area contributed by atoms with Crippen molar-refractivity contribution in [2.75, 3.05) is 26.2 Å². The second-order valence-electron chi connectivity index (χ2n) is 7.08. The van der Waals surface area contributed by atoms with E-state index in [0.717, 1.165) is 41.7 Å². The fourth-order valence-electron chi connectivity index (χ4n) is 4.21. The molecular formula is C19H25N3O. The van der Waals surface area contributed by atoms with Crippen molar-refractivity contribution in [2.24, 2.45) is 0 Å². The normalized spacial score (nSPS) is 23.1. The first-order valence-corrected chi connectivity index (χ1v) is 8.78. The number of benzene rings is 1. The van der Waals surface area contributed by atoms with Crippen molar-refractivity contribution in [3.63, 3.8) is 0 Å². The largest absolute Gasteiger partial charge is 0.321 e. The van der Waals surface area contributed by atoms with Crippen LogP contribution in [0.2, 0.25) is 0 Å². The van der Waals surface area contributed by atoms with Gasteiger partial charge in [0.15, 0.2) is 0 Å². The number of H-pyrrole nitrogens is 1. The number of hydrogen-bond donors (Lipinski definition) is 1. The van der Waals surface area contributed by atoms with Crippen LogP contribution in [0.15, 0.2) is 29.1 Å². The number of aryl methyl sites for hydroxylation is 1. The first-order chi connectivity index (χ1) is 11.2. The molecule has 1 atom stereocenters. The summed E-state index contributed by atoms with van der Waals surface area (Å²) in [7, 11) is 0. The van der Waals surface area contributed by atoms with Gasteiger partial charge < -0.3 is 4.98 Å². The second kappa shape index (κ2) is 6.10. The molecular weight excluding hydrogens is 286 g/mol. The molecule has 2 aliphatic rings. The molecule has 0 unspecified atom stereocenters. The predicted octanol–water partition coefficient (Wildman–Crippen LogP) is 2.51. The summed E-state index contributed by atoms with van der Waals surface area (Å²) in [5.74, 6) is 0. The van der Waals surface area contributed by atoms with Crippen LogP contribution in [0.1, 0.15) is 30.4 Å². The van der Waals surface area contributed by atoms with Gasteiger partial charge in [-0.15, -0.1) is 0 Å². The number of fused-ring (bicyclic) bond motifs is 2. The maximum Gasteiger partial charge on any atom is 0.252 e. The Kier molecular flexibility index (Phi) is 3.95. The van der Waals surface area contributed by atoms with E-state index in [2.05, 4.69) is 33.0 Å². The minimum atomic E-state index is 0.0688. The maximum absolute atomic E-state index is 12.5. The molecule has 0 bridgehead atoms. The van der Waals surface area contributed by atoms with Crippen LogP contribution in [0, 0.1) is 6.92 Å². The Morgan fingerprint density at radius 1 is 1.22 bits per heavy atom. The lowest BCUT2D eigenvalue weighted by atomic mass is 10.1. The van der Waals surface area contributed by atoms with E-state index in [9.17, 15) is 4.79 Å². The molecule has 2 aromatic rings. The Bertz CT molecular complexity index is 767. The molecule has 1 N–H and O–H groups in total. The van der Waals surface area contributed by atoms with Crippen LogP contribution < -0.4 is 5.56 Å². The second-order valence-corrected chi connectivity index (χ2v) is 7.08. The first-order valence-electron chi connectivity index (χ1n) is 8.78. The molecule has 23 heavy (non-hydrogen) atoms. The molecule has 0 saturated carbocycles. The van der Waals surface area contributed by atoms with E-state index in [0.29, 0.717) is 6.04 Å². The molecule has 1 aromatic carbocycles. The lowest BCUT2D eigenvalue weighted by Gasteiger charge is -2.25. The number of aromatic amines is 1. The fourth-order valence-corrected chi connectivity index (χ4v) is 4.21. The summed E-state index contributed by atoms with van der Waals surface area (Å²) in [5.41, 5.74) is 3.07. The van der Waals surface area contributed by atoms with Gasteiger partial charge in [0.2, 0.25) is 0 Å². The molecule has 1 aromatic heterocycles. The van der Waals surface area contributed by atoms with Crippen molar-refractivity contribution in [1.29, 1.82) is 0 Å². The summed E-state index contributed by atoms with van der Waals surface area (Å²) in [6, 6.07) is 8.96. The van der Waals surface area contributed by atoms with Crippen LogP contribution >= 0.6 is 0 Å². The zero-order chi connectivity index (χ0) is 15.8. The van der Waals surface area contributed by atoms with E-state index >= 15 is 0 Å². The number of nitrogens with zero attached hydrogens (tertiary/aromatic N) is 2. The summed E-state index contributed by atoms with van der Waals surface area (Å²) in [5, 5.41) is 1.14. The van der Waals surface area contributed by atoms with Crippen molar-refractivity contribution >= 4 is 10.9 Å². The molecule has 4 rings (SSSR count). The van der Waals surface area contributed by atoms with Crippen LogP contribution in [0.5, 0.6) is 0 Å². The lowest BCUT2D eigenvalue weighted by Crippen LogP contribution is -2.37. The number of pyridine rings is 1. The van der Waals surface area contributed by atoms with E-state index in [1.165, 1.54) is 32.4 Å². The zero-order valence-electron chi connectivity index (χ0n) is 13.8. The van der Waals surface area contributed by atoms with Crippen molar-refractivity contribution in [3.8, 4) is 0 Å². The molecule has 122 valence electrons. The summed E-state index contributed by atoms with van der Waals surface area (Å²) >= 11 is 0. The number of para-hydroxylation sites is 1. The maximum atomic E-state index is 12.5. The van der Waals surface area contributed by atoms with E-state index in [1.54, 1.807) is 0 Å². The van der Waals surface area contributed by atoms with Gasteiger partial charge in [-0.3, -0.25) is 14.6 Å². The Morgan fingerprint density at radius 3 is 3.00 bits per heavy atom. The van der Waals surface area contributed by atoms with Gasteiger partial charge in [-0.1, -0.05) is 18.2 Å². The van der Waals surface area contributed by atoms with Gasteiger partial charge in [0.25, 0.3) is 5.56 Å². The van der Waals surface area contributed by atoms with Crippen LogP contribution in [-0.4, -0.2) is 47.0 Å². The molecule has 2 aliphatic heterocycles. The van der Waals surface area contributed by atoms with Gasteiger partial charge >= 0.3 is 0 Å². The Morgan fingerprint density at radius 2 is 2.09 bits per heavy atom. The standard InChI is InChI=1S/C19H25N3O/c1-14-5-2-6-15-11-16(19(23)20-18(14)15)12-21-8-4-10-22-9-3-7-17(22)13-21/h2,5-6,11,17H,3-4,7-10,12-13H2,1H3,(H,20,23)/t17-/m0/s1. The smallest absolute Gasteiger partial charge is 0.252 e. The van der Waals surface area contributed by atoms with Crippen LogP contribution in [0.25, 0.3) is 10.9 Å². The highest BCUT2D eigenvalue weighted by molar-refractivity contribution is 5.81. The van der Waals surface area contributed by atoms with Gasteiger partial charge in [-0.05, 0) is 62.8 Å². The minimum absolute atomic E-state index is 0.0688. The Balaban J connectivity index is 1.59. The van der Waals surface area contributed by atoms with Crippen molar-refractivity contribution in [1.82, 2.24) is 14.8 Å². The first kappa shape index (κ1) is 14.9. The van der Waals surface area contributed by atoms with Gasteiger partial charge in [-0.2, -0.15) is 0 Å². The van der Waals surface area contributed by atoms with Crippen molar-refractivity contribution in [2.45, 2.75) is 38.8 Å². The SMILES string of the molecule is Cc1cccc2cc(CN3CCCN4CCC[C@H]4C3)c(=O)[nH]c12. The zero-order valence-corrected chi connectivity index (χ0v) is 13.8. The molecule has 2 saturated heterocycles. The van der Waals surface area contributed by atoms with Crippen LogP contribution in [0.3, 0.4) is 0 Å². The molecule has 0 radical (unpaired) electrons. The van der Waals surface area contributed by atoms with Crippen LogP contribution in [0.4, 0.5) is 0 Å². The lowest BCUT2D eigenvalue weighted by molar-refractivity contribution is 0.215. The average molecular weight is 311 g/mol. The quantitative estimate of drug-likeness (QED) is 0.926. The number of hydrogen-bond acceptors (Lipinski definition) is 3. The van der Waals surface area contributed by atoms with Crippen molar-refractivity contribution in [3.05, 3.63) is 45.7 Å². The van der Waals surface area contributed by atoms with E-state index in [4.69, 9.17) is 0 Å². The third-order valence-corrected chi connectivity index (χ3v) is 5.45. The highest BCUT2D eigenvalue weighted by Gasteiger charge is 2.28. The molecule has 0 amide bonds. The molecule has 2 fully saturated rings. The van der Waals surface area contributed by atoms with E-state index in [1.807, 2.05) is 13.0 Å². The summed E-state index contributed by atoms with van der Waals surface area (Å²) in [6.45, 7) is 7.48. The van der Waals surface area contributed by atoms with Gasteiger partial charge in [0.05, 0.1) is 5.52 Å². The number of nitrogens with one attached hydrogen (secondary N) is 1. The monoisotopic (exact) mass is 311 g/mol. The Hall–Kier alpha value is -1.65. The van der Waals surface area contributed by atoms with Gasteiger partial charge in [-0.25, -0.2) is 0 Å². The molecule has 0 spiro atoms. The predicted molar refractivity (Wildman–Crippen MR) is 93.8 cm³/mol. The van der Waals surface area contributed by atoms with E-state index < -0.39 is 0 Å². The highest BCUT2D eigenvalue weighted by atomic mass is 16.1. The topological polar surface area (TPSA) is 39.3 Å². The number of rotatable bonds is 2. The average Bonchev–Trinajstić information content (AvgIpc) is 2.88. The third kappa shape index (κ3) is 2.93. The summed E-state index contributed by atoms with van der Waals surface area (Å²) in [6.07, 6.45) is 3.85. The minimum Gasteiger partial charge on any atom is -0.321 e. The fraction of sp³-hybridized carbons (Fsp3) is 0.526. The Labute approximate surface area is 137 Å². The van der Waals surface area contributed by atoms with Gasteiger partial charge in [0.1, 0.15) is 0 Å². The van der Waals surface area contributed by atoms with Crippen molar-refractivity contribution < 1.29 is 0 Å². The molecule has 4 heteroatoms. The number of aromatic nitrogens is 1. The molecule has 0 aliphatic carbocycles. The molecule has 4 nitrogen and oxygen atoms in total. The van der Waals surface area contributed by atoms with E-state index in [-0.39, 0.29) is 5.56 Å².